The third kappa shape index (κ3) is 2.83. The normalized spacial score (nSPS) is 15.0. The van der Waals surface area contributed by atoms with Crippen LogP contribution in [0.2, 0.25) is 0 Å². The highest BCUT2D eigenvalue weighted by molar-refractivity contribution is 5.65. The first kappa shape index (κ1) is 14.2. The zero-order valence-corrected chi connectivity index (χ0v) is 11.8. The molecule has 1 fully saturated rings. The number of nitrogens with zero attached hydrogens (tertiary/aromatic N) is 4. The van der Waals surface area contributed by atoms with Crippen LogP contribution in [-0.4, -0.2) is 52.2 Å². The lowest BCUT2D eigenvalue weighted by atomic mass is 10.1. The molecule has 1 N–H and O–H groups in total. The van der Waals surface area contributed by atoms with Gasteiger partial charge in [-0.15, -0.1) is 0 Å². The van der Waals surface area contributed by atoms with Crippen molar-refractivity contribution in [2.45, 2.75) is 0 Å². The van der Waals surface area contributed by atoms with Crippen molar-refractivity contribution in [1.29, 1.82) is 0 Å². The van der Waals surface area contributed by atoms with Crippen molar-refractivity contribution in [2.75, 3.05) is 31.1 Å². The first-order valence-corrected chi connectivity index (χ1v) is 6.95. The zero-order chi connectivity index (χ0) is 15.5. The Morgan fingerprint density at radius 2 is 1.86 bits per heavy atom. The number of hydrogen-bond donors (Lipinski definition) is 1. The molecule has 0 saturated carbocycles. The van der Waals surface area contributed by atoms with Crippen LogP contribution < -0.4 is 4.90 Å². The van der Waals surface area contributed by atoms with E-state index in [4.69, 9.17) is 5.11 Å². The quantitative estimate of drug-likeness (QED) is 0.920. The number of halogens is 1. The minimum Gasteiger partial charge on any atom is -0.465 e. The van der Waals surface area contributed by atoms with Gasteiger partial charge < -0.3 is 14.9 Å². The Kier molecular flexibility index (Phi) is 3.86. The van der Waals surface area contributed by atoms with Crippen LogP contribution in [0.4, 0.5) is 15.0 Å². The van der Waals surface area contributed by atoms with Gasteiger partial charge in [-0.25, -0.2) is 14.2 Å². The van der Waals surface area contributed by atoms with Gasteiger partial charge in [-0.05, 0) is 12.1 Å². The van der Waals surface area contributed by atoms with Crippen molar-refractivity contribution in [3.8, 4) is 11.3 Å². The maximum atomic E-state index is 13.8. The molecule has 2 aromatic rings. The number of piperazine rings is 1. The molecule has 0 spiro atoms. The average Bonchev–Trinajstić information content (AvgIpc) is 2.55. The van der Waals surface area contributed by atoms with Crippen LogP contribution in [0.1, 0.15) is 0 Å². The number of benzene rings is 1. The third-order valence-corrected chi connectivity index (χ3v) is 3.65. The summed E-state index contributed by atoms with van der Waals surface area (Å²) < 4.78 is 13.8. The first-order chi connectivity index (χ1) is 10.6. The highest BCUT2D eigenvalue weighted by atomic mass is 19.1. The van der Waals surface area contributed by atoms with Crippen molar-refractivity contribution in [3.63, 3.8) is 0 Å². The molecule has 7 heteroatoms. The summed E-state index contributed by atoms with van der Waals surface area (Å²) in [5.41, 5.74) is 0.872. The Hall–Kier alpha value is -2.70. The van der Waals surface area contributed by atoms with Crippen LogP contribution in [0.3, 0.4) is 0 Å². The predicted octanol–water partition coefficient (Wildman–Crippen LogP) is 2.08. The van der Waals surface area contributed by atoms with Crippen molar-refractivity contribution in [3.05, 3.63) is 42.5 Å². The zero-order valence-electron chi connectivity index (χ0n) is 11.8. The van der Waals surface area contributed by atoms with Gasteiger partial charge in [0.25, 0.3) is 0 Å². The van der Waals surface area contributed by atoms with E-state index in [0.717, 1.165) is 0 Å². The number of aromatic nitrogens is 2. The summed E-state index contributed by atoms with van der Waals surface area (Å²) in [6, 6.07) is 6.42. The molecule has 22 heavy (non-hydrogen) atoms. The number of hydrogen-bond acceptors (Lipinski definition) is 4. The second-order valence-electron chi connectivity index (χ2n) is 5.00. The van der Waals surface area contributed by atoms with E-state index < -0.39 is 6.09 Å². The largest absolute Gasteiger partial charge is 0.465 e. The predicted molar refractivity (Wildman–Crippen MR) is 79.2 cm³/mol. The van der Waals surface area contributed by atoms with Crippen LogP contribution in [0, 0.1) is 5.82 Å². The van der Waals surface area contributed by atoms with E-state index in [1.807, 2.05) is 4.90 Å². The number of carbonyl (C=O) groups is 1. The van der Waals surface area contributed by atoms with Crippen LogP contribution in [0.25, 0.3) is 11.3 Å². The van der Waals surface area contributed by atoms with Crippen LogP contribution in [0.5, 0.6) is 0 Å². The molecular weight excluding hydrogens is 287 g/mol. The maximum Gasteiger partial charge on any atom is 0.407 e. The van der Waals surface area contributed by atoms with Crippen LogP contribution >= 0.6 is 0 Å². The van der Waals surface area contributed by atoms with Gasteiger partial charge in [0, 0.05) is 31.7 Å². The number of amides is 1. The van der Waals surface area contributed by atoms with E-state index in [-0.39, 0.29) is 5.82 Å². The SMILES string of the molecule is O=C(O)N1CCN(c2cncc(-c3ccccc3F)n2)CC1. The molecule has 3 rings (SSSR count). The summed E-state index contributed by atoms with van der Waals surface area (Å²) >= 11 is 0. The lowest BCUT2D eigenvalue weighted by molar-refractivity contribution is 0.142. The fraction of sp³-hybridized carbons (Fsp3) is 0.267. The van der Waals surface area contributed by atoms with E-state index in [9.17, 15) is 9.18 Å². The number of carboxylic acid groups (broad SMARTS) is 1. The summed E-state index contributed by atoms with van der Waals surface area (Å²) in [6.45, 7) is 1.92. The van der Waals surface area contributed by atoms with Gasteiger partial charge in [0.05, 0.1) is 18.1 Å². The molecule has 2 heterocycles. The summed E-state index contributed by atoms with van der Waals surface area (Å²) in [4.78, 5) is 22.8. The minimum atomic E-state index is -0.911. The lowest BCUT2D eigenvalue weighted by Crippen LogP contribution is -2.48. The summed E-state index contributed by atoms with van der Waals surface area (Å²) in [6.07, 6.45) is 2.22. The Morgan fingerprint density at radius 1 is 1.14 bits per heavy atom. The molecule has 0 atom stereocenters. The molecule has 6 nitrogen and oxygen atoms in total. The van der Waals surface area contributed by atoms with Crippen molar-refractivity contribution in [1.82, 2.24) is 14.9 Å². The van der Waals surface area contributed by atoms with Crippen molar-refractivity contribution >= 4 is 11.9 Å². The number of anilines is 1. The van der Waals surface area contributed by atoms with E-state index in [1.54, 1.807) is 24.4 Å². The van der Waals surface area contributed by atoms with E-state index in [0.29, 0.717) is 43.3 Å². The maximum absolute atomic E-state index is 13.8. The van der Waals surface area contributed by atoms with Gasteiger partial charge in [-0.1, -0.05) is 12.1 Å². The summed E-state index contributed by atoms with van der Waals surface area (Å²) in [7, 11) is 0. The van der Waals surface area contributed by atoms with Gasteiger partial charge in [-0.3, -0.25) is 4.98 Å². The molecule has 1 saturated heterocycles. The molecular formula is C15H15FN4O2. The fourth-order valence-corrected chi connectivity index (χ4v) is 2.43. The highest BCUT2D eigenvalue weighted by Gasteiger charge is 2.21. The van der Waals surface area contributed by atoms with Gasteiger partial charge in [0.2, 0.25) is 0 Å². The Labute approximate surface area is 126 Å². The Balaban J connectivity index is 1.81. The van der Waals surface area contributed by atoms with Crippen molar-refractivity contribution in [2.24, 2.45) is 0 Å². The van der Waals surface area contributed by atoms with Gasteiger partial charge in [0.1, 0.15) is 11.6 Å². The van der Waals surface area contributed by atoms with Crippen molar-refractivity contribution < 1.29 is 14.3 Å². The molecule has 114 valence electrons. The van der Waals surface area contributed by atoms with E-state index in [2.05, 4.69) is 9.97 Å². The highest BCUT2D eigenvalue weighted by Crippen LogP contribution is 2.22. The molecule has 1 aliphatic heterocycles. The van der Waals surface area contributed by atoms with Crippen LogP contribution in [-0.2, 0) is 0 Å². The Morgan fingerprint density at radius 3 is 2.55 bits per heavy atom. The second kappa shape index (κ2) is 5.97. The molecule has 1 aromatic heterocycles. The molecule has 1 amide bonds. The molecule has 0 unspecified atom stereocenters. The topological polar surface area (TPSA) is 69.6 Å². The monoisotopic (exact) mass is 302 g/mol. The van der Waals surface area contributed by atoms with E-state index >= 15 is 0 Å². The number of rotatable bonds is 2. The average molecular weight is 302 g/mol. The minimum absolute atomic E-state index is 0.343. The molecule has 1 aliphatic rings. The van der Waals surface area contributed by atoms with Gasteiger partial charge in [-0.2, -0.15) is 0 Å². The van der Waals surface area contributed by atoms with Gasteiger partial charge >= 0.3 is 6.09 Å². The third-order valence-electron chi connectivity index (χ3n) is 3.65. The lowest BCUT2D eigenvalue weighted by Gasteiger charge is -2.33. The fourth-order valence-electron chi connectivity index (χ4n) is 2.43. The molecule has 0 bridgehead atoms. The standard InChI is InChI=1S/C15H15FN4O2/c16-12-4-2-1-3-11(12)13-9-17-10-14(18-13)19-5-7-20(8-6-19)15(21)22/h1-4,9-10H,5-8H2,(H,21,22). The second-order valence-corrected chi connectivity index (χ2v) is 5.00. The molecule has 0 aliphatic carbocycles. The van der Waals surface area contributed by atoms with Gasteiger partial charge in [0.15, 0.2) is 0 Å². The van der Waals surface area contributed by atoms with Crippen LogP contribution in [0.15, 0.2) is 36.7 Å². The smallest absolute Gasteiger partial charge is 0.407 e. The Bertz CT molecular complexity index is 687. The molecule has 1 aromatic carbocycles. The first-order valence-electron chi connectivity index (χ1n) is 6.95. The summed E-state index contributed by atoms with van der Waals surface area (Å²) in [5.74, 6) is 0.287. The molecule has 0 radical (unpaired) electrons. The van der Waals surface area contributed by atoms with E-state index in [1.165, 1.54) is 17.2 Å². The summed E-state index contributed by atoms with van der Waals surface area (Å²) in [5, 5.41) is 8.96.